The van der Waals surface area contributed by atoms with E-state index >= 15 is 0 Å². The molecule has 1 heterocycles. The summed E-state index contributed by atoms with van der Waals surface area (Å²) in [6.07, 6.45) is -4.00. The third-order valence-corrected chi connectivity index (χ3v) is 3.65. The summed E-state index contributed by atoms with van der Waals surface area (Å²) < 4.78 is 37.2. The number of fused-ring (bicyclic) bond motifs is 1. The van der Waals surface area contributed by atoms with E-state index in [0.717, 1.165) is 12.1 Å². The lowest BCUT2D eigenvalue weighted by molar-refractivity contribution is -0.137. The Morgan fingerprint density at radius 1 is 1.17 bits per heavy atom. The van der Waals surface area contributed by atoms with Gasteiger partial charge in [-0.05, 0) is 24.1 Å². The quantitative estimate of drug-likeness (QED) is 0.775. The van der Waals surface area contributed by atoms with Crippen LogP contribution in [0.5, 0.6) is 0 Å². The zero-order valence-corrected chi connectivity index (χ0v) is 9.04. The van der Waals surface area contributed by atoms with Crippen molar-refractivity contribution in [1.82, 2.24) is 5.32 Å². The summed E-state index contributed by atoms with van der Waals surface area (Å²) in [7, 11) is 0. The molecule has 1 saturated heterocycles. The van der Waals surface area contributed by atoms with Crippen molar-refractivity contribution >= 4 is 11.8 Å². The number of carbonyl (C=O) groups is 2. The van der Waals surface area contributed by atoms with Gasteiger partial charge in [-0.1, -0.05) is 12.1 Å². The first-order chi connectivity index (χ1) is 8.35. The van der Waals surface area contributed by atoms with E-state index < -0.39 is 29.0 Å². The Morgan fingerprint density at radius 2 is 1.78 bits per heavy atom. The third kappa shape index (κ3) is 1.31. The van der Waals surface area contributed by atoms with Gasteiger partial charge in [0, 0.05) is 0 Å². The van der Waals surface area contributed by atoms with Gasteiger partial charge < -0.3 is 0 Å². The lowest BCUT2D eigenvalue weighted by atomic mass is 9.93. The number of halogens is 3. The summed E-state index contributed by atoms with van der Waals surface area (Å²) in [6.45, 7) is 0. The summed E-state index contributed by atoms with van der Waals surface area (Å²) in [5.41, 5.74) is -1.20. The Hall–Kier alpha value is -1.85. The van der Waals surface area contributed by atoms with Crippen LogP contribution in [0.2, 0.25) is 0 Å². The molecule has 1 N–H and O–H groups in total. The average Bonchev–Trinajstić information content (AvgIpc) is 2.99. The summed E-state index contributed by atoms with van der Waals surface area (Å²) in [6, 6.07) is 4.44. The van der Waals surface area contributed by atoms with Crippen molar-refractivity contribution in [3.63, 3.8) is 0 Å². The lowest BCUT2D eigenvalue weighted by Gasteiger charge is -2.12. The fourth-order valence-corrected chi connectivity index (χ4v) is 2.55. The first-order valence-electron chi connectivity index (χ1n) is 5.39. The number of benzene rings is 1. The second kappa shape index (κ2) is 3.13. The van der Waals surface area contributed by atoms with E-state index in [1.807, 2.05) is 0 Å². The van der Waals surface area contributed by atoms with Gasteiger partial charge in [0.2, 0.25) is 11.8 Å². The minimum atomic E-state index is -4.40. The van der Waals surface area contributed by atoms with Crippen LogP contribution in [0, 0.1) is 5.92 Å². The molecule has 1 aromatic carbocycles. The van der Waals surface area contributed by atoms with Crippen LogP contribution in [-0.4, -0.2) is 11.8 Å². The molecule has 0 unspecified atom stereocenters. The molecular weight excluding hydrogens is 247 g/mol. The Morgan fingerprint density at radius 3 is 2.17 bits per heavy atom. The molecule has 2 atom stereocenters. The Labute approximate surface area is 100.0 Å². The van der Waals surface area contributed by atoms with Crippen molar-refractivity contribution in [2.75, 3.05) is 0 Å². The molecule has 94 valence electrons. The van der Waals surface area contributed by atoms with Gasteiger partial charge in [-0.15, -0.1) is 0 Å². The van der Waals surface area contributed by atoms with Crippen LogP contribution in [0.4, 0.5) is 13.2 Å². The standard InChI is InChI=1S/C12H8F3NO2/c13-12(14,15)7-3-1-6(2-4-7)11-5-8(11)9(17)16-10(11)18/h1-4,8H,5H2,(H,16,17,18)/t8-,11+/m1/s1. The zero-order chi connectivity index (χ0) is 13.1. The molecule has 1 saturated carbocycles. The second-order valence-electron chi connectivity index (χ2n) is 4.62. The molecule has 18 heavy (non-hydrogen) atoms. The van der Waals surface area contributed by atoms with Crippen molar-refractivity contribution in [2.24, 2.45) is 5.92 Å². The van der Waals surface area contributed by atoms with Crippen molar-refractivity contribution < 1.29 is 22.8 Å². The second-order valence-corrected chi connectivity index (χ2v) is 4.62. The van der Waals surface area contributed by atoms with E-state index in [1.165, 1.54) is 12.1 Å². The monoisotopic (exact) mass is 255 g/mol. The molecular formula is C12H8F3NO2. The van der Waals surface area contributed by atoms with Crippen LogP contribution in [0.3, 0.4) is 0 Å². The molecule has 0 aromatic heterocycles. The minimum absolute atomic E-state index is 0.333. The molecule has 1 aromatic rings. The maximum Gasteiger partial charge on any atom is 0.416 e. The fourth-order valence-electron chi connectivity index (χ4n) is 2.55. The van der Waals surface area contributed by atoms with Crippen molar-refractivity contribution in [1.29, 1.82) is 0 Å². The van der Waals surface area contributed by atoms with E-state index in [2.05, 4.69) is 5.32 Å². The van der Waals surface area contributed by atoms with Gasteiger partial charge in [-0.2, -0.15) is 13.2 Å². The van der Waals surface area contributed by atoms with Gasteiger partial charge in [0.1, 0.15) is 0 Å². The Kier molecular flexibility index (Phi) is 1.95. The van der Waals surface area contributed by atoms with Crippen molar-refractivity contribution in [2.45, 2.75) is 18.0 Å². The summed E-state index contributed by atoms with van der Waals surface area (Å²) in [5.74, 6) is -1.15. The SMILES string of the molecule is O=C1NC(=O)[C@]2(c3ccc(C(F)(F)F)cc3)C[C@H]12. The number of nitrogens with one attached hydrogen (secondary N) is 1. The number of carbonyl (C=O) groups excluding carboxylic acids is 2. The molecule has 2 fully saturated rings. The smallest absolute Gasteiger partial charge is 0.295 e. The number of rotatable bonds is 1. The highest BCUT2D eigenvalue weighted by Crippen LogP contribution is 2.57. The van der Waals surface area contributed by atoms with Gasteiger partial charge >= 0.3 is 6.18 Å². The number of amides is 2. The highest BCUT2D eigenvalue weighted by atomic mass is 19.4. The largest absolute Gasteiger partial charge is 0.416 e. The van der Waals surface area contributed by atoms with Crippen LogP contribution in [0.15, 0.2) is 24.3 Å². The molecule has 0 spiro atoms. The molecule has 0 radical (unpaired) electrons. The van der Waals surface area contributed by atoms with Crippen LogP contribution in [0.1, 0.15) is 17.5 Å². The molecule has 1 aliphatic heterocycles. The predicted molar refractivity (Wildman–Crippen MR) is 54.4 cm³/mol. The first kappa shape index (κ1) is 11.3. The lowest BCUT2D eigenvalue weighted by Crippen LogP contribution is -2.30. The van der Waals surface area contributed by atoms with Gasteiger partial charge in [0.05, 0.1) is 16.9 Å². The van der Waals surface area contributed by atoms with Crippen molar-refractivity contribution in [3.8, 4) is 0 Å². The van der Waals surface area contributed by atoms with Crippen LogP contribution < -0.4 is 5.32 Å². The minimum Gasteiger partial charge on any atom is -0.295 e. The molecule has 6 heteroatoms. The summed E-state index contributed by atoms with van der Waals surface area (Å²) in [5, 5.41) is 2.20. The highest BCUT2D eigenvalue weighted by molar-refractivity contribution is 6.15. The summed E-state index contributed by atoms with van der Waals surface area (Å²) in [4.78, 5) is 23.0. The normalized spacial score (nSPS) is 30.1. The number of hydrogen-bond acceptors (Lipinski definition) is 2. The van der Waals surface area contributed by atoms with Gasteiger partial charge in [0.25, 0.3) is 0 Å². The number of imide groups is 1. The molecule has 1 aliphatic carbocycles. The van der Waals surface area contributed by atoms with E-state index in [1.54, 1.807) is 0 Å². The average molecular weight is 255 g/mol. The van der Waals surface area contributed by atoms with Gasteiger partial charge in [0.15, 0.2) is 0 Å². The molecule has 2 amide bonds. The highest BCUT2D eigenvalue weighted by Gasteiger charge is 2.69. The van der Waals surface area contributed by atoms with E-state index in [0.29, 0.717) is 12.0 Å². The molecule has 3 rings (SSSR count). The first-order valence-corrected chi connectivity index (χ1v) is 5.39. The molecule has 0 bridgehead atoms. The fraction of sp³-hybridized carbons (Fsp3) is 0.333. The maximum absolute atomic E-state index is 12.4. The Balaban J connectivity index is 1.96. The summed E-state index contributed by atoms with van der Waals surface area (Å²) >= 11 is 0. The maximum atomic E-state index is 12.4. The zero-order valence-electron chi connectivity index (χ0n) is 9.04. The third-order valence-electron chi connectivity index (χ3n) is 3.65. The van der Waals surface area contributed by atoms with Crippen LogP contribution in [-0.2, 0) is 21.2 Å². The van der Waals surface area contributed by atoms with E-state index in [4.69, 9.17) is 0 Å². The Bertz CT molecular complexity index is 549. The van der Waals surface area contributed by atoms with E-state index in [9.17, 15) is 22.8 Å². The van der Waals surface area contributed by atoms with Crippen molar-refractivity contribution in [3.05, 3.63) is 35.4 Å². The predicted octanol–water partition coefficient (Wildman–Crippen LogP) is 1.62. The number of alkyl halides is 3. The van der Waals surface area contributed by atoms with Crippen LogP contribution >= 0.6 is 0 Å². The van der Waals surface area contributed by atoms with Crippen LogP contribution in [0.25, 0.3) is 0 Å². The van der Waals surface area contributed by atoms with E-state index in [-0.39, 0.29) is 5.91 Å². The number of hydrogen-bond donors (Lipinski definition) is 1. The number of piperidine rings is 1. The van der Waals surface area contributed by atoms with Gasteiger partial charge in [-0.3, -0.25) is 14.9 Å². The molecule has 3 nitrogen and oxygen atoms in total. The molecule has 2 aliphatic rings. The van der Waals surface area contributed by atoms with Gasteiger partial charge in [-0.25, -0.2) is 0 Å². The topological polar surface area (TPSA) is 46.2 Å².